The van der Waals surface area contributed by atoms with Crippen molar-refractivity contribution < 1.29 is 31.1 Å². The molecular formula is C20H19F2NO5S. The maximum Gasteiger partial charge on any atom is 0.374 e. The Labute approximate surface area is 166 Å². The summed E-state index contributed by atoms with van der Waals surface area (Å²) in [4.78, 5) is 11.9. The molecule has 0 bridgehead atoms. The summed E-state index contributed by atoms with van der Waals surface area (Å²) < 4.78 is 64.6. The molecule has 0 aliphatic rings. The van der Waals surface area contributed by atoms with Gasteiger partial charge in [-0.2, -0.15) is 0 Å². The third-order valence-electron chi connectivity index (χ3n) is 4.38. The summed E-state index contributed by atoms with van der Waals surface area (Å²) in [5.41, 5.74) is 1.04. The number of carbonyl (C=O) groups excluding carboxylic acids is 1. The second kappa shape index (κ2) is 8.30. The van der Waals surface area contributed by atoms with Crippen molar-refractivity contribution in [2.75, 3.05) is 13.2 Å². The van der Waals surface area contributed by atoms with E-state index in [1.165, 1.54) is 24.3 Å². The van der Waals surface area contributed by atoms with Crippen LogP contribution in [0, 0.1) is 18.6 Å². The van der Waals surface area contributed by atoms with Crippen LogP contribution in [0.5, 0.6) is 0 Å². The zero-order valence-corrected chi connectivity index (χ0v) is 16.6. The van der Waals surface area contributed by atoms with E-state index in [2.05, 4.69) is 4.72 Å². The molecule has 154 valence electrons. The van der Waals surface area contributed by atoms with Crippen molar-refractivity contribution in [1.82, 2.24) is 4.72 Å². The van der Waals surface area contributed by atoms with Gasteiger partial charge in [-0.1, -0.05) is 6.07 Å². The lowest BCUT2D eigenvalue weighted by Crippen LogP contribution is -2.26. The smallest absolute Gasteiger partial charge is 0.374 e. The van der Waals surface area contributed by atoms with Crippen LogP contribution in [-0.4, -0.2) is 27.5 Å². The highest BCUT2D eigenvalue weighted by Gasteiger charge is 2.21. The van der Waals surface area contributed by atoms with Gasteiger partial charge in [0.1, 0.15) is 17.2 Å². The number of nitrogens with one attached hydrogen (secondary N) is 1. The summed E-state index contributed by atoms with van der Waals surface area (Å²) in [5.74, 6) is -2.02. The van der Waals surface area contributed by atoms with Crippen LogP contribution in [0.2, 0.25) is 0 Å². The van der Waals surface area contributed by atoms with Gasteiger partial charge in [0.15, 0.2) is 0 Å². The lowest BCUT2D eigenvalue weighted by molar-refractivity contribution is 0.0491. The van der Waals surface area contributed by atoms with Crippen LogP contribution in [0.4, 0.5) is 8.78 Å². The van der Waals surface area contributed by atoms with Crippen molar-refractivity contribution >= 4 is 27.0 Å². The lowest BCUT2D eigenvalue weighted by Gasteiger charge is -2.08. The minimum absolute atomic E-state index is 0.0242. The van der Waals surface area contributed by atoms with Crippen LogP contribution in [0.1, 0.15) is 28.6 Å². The summed E-state index contributed by atoms with van der Waals surface area (Å²) in [6.07, 6.45) is 0.0608. The van der Waals surface area contributed by atoms with Crippen LogP contribution in [0.3, 0.4) is 0 Å². The molecule has 9 heteroatoms. The van der Waals surface area contributed by atoms with Gasteiger partial charge >= 0.3 is 5.97 Å². The van der Waals surface area contributed by atoms with Gasteiger partial charge in [0.05, 0.1) is 11.5 Å². The molecule has 3 rings (SSSR count). The molecule has 0 saturated heterocycles. The van der Waals surface area contributed by atoms with Gasteiger partial charge < -0.3 is 9.15 Å². The van der Waals surface area contributed by atoms with Gasteiger partial charge in [-0.15, -0.1) is 0 Å². The van der Waals surface area contributed by atoms with Crippen molar-refractivity contribution in [2.24, 2.45) is 0 Å². The molecule has 6 nitrogen and oxygen atoms in total. The van der Waals surface area contributed by atoms with E-state index >= 15 is 0 Å². The fourth-order valence-electron chi connectivity index (χ4n) is 2.89. The Kier molecular flexibility index (Phi) is 5.99. The zero-order valence-electron chi connectivity index (χ0n) is 15.8. The molecular weight excluding hydrogens is 404 g/mol. The van der Waals surface area contributed by atoms with Crippen LogP contribution in [0.25, 0.3) is 11.0 Å². The second-order valence-electron chi connectivity index (χ2n) is 6.32. The number of ether oxygens (including phenoxy) is 1. The molecule has 0 fully saturated rings. The van der Waals surface area contributed by atoms with Crippen molar-refractivity contribution in [3.05, 3.63) is 64.9 Å². The number of aryl methyl sites for hydroxylation is 1. The molecule has 2 aromatic carbocycles. The average Bonchev–Trinajstić information content (AvgIpc) is 3.00. The Balaban J connectivity index is 1.79. The first kappa shape index (κ1) is 20.9. The van der Waals surface area contributed by atoms with Gasteiger partial charge in [-0.3, -0.25) is 0 Å². The maximum atomic E-state index is 13.7. The number of carbonyl (C=O) groups is 1. The molecule has 0 amide bonds. The summed E-state index contributed by atoms with van der Waals surface area (Å²) in [6, 6.07) is 7.35. The highest BCUT2D eigenvalue weighted by molar-refractivity contribution is 7.89. The molecule has 0 aliphatic carbocycles. The number of benzene rings is 2. The van der Waals surface area contributed by atoms with E-state index in [-0.39, 0.29) is 35.8 Å². The van der Waals surface area contributed by atoms with E-state index in [1.54, 1.807) is 13.8 Å². The first-order chi connectivity index (χ1) is 13.7. The summed E-state index contributed by atoms with van der Waals surface area (Å²) in [5, 5.41) is 0.473. The topological polar surface area (TPSA) is 85.6 Å². The number of rotatable bonds is 7. The van der Waals surface area contributed by atoms with Crippen LogP contribution < -0.4 is 4.72 Å². The summed E-state index contributed by atoms with van der Waals surface area (Å²) in [7, 11) is -3.89. The predicted octanol–water partition coefficient (Wildman–Crippen LogP) is 3.72. The zero-order chi connectivity index (χ0) is 21.2. The molecule has 0 unspecified atom stereocenters. The standard InChI is InChI=1S/C20H19F2NO5S/c1-3-27-20(24)19-12(2)16-11-15(6-7-18(16)28-19)29(25,26)23-9-8-13-4-5-14(21)10-17(13)22/h4-7,10-11,23H,3,8-9H2,1-2H3. The quantitative estimate of drug-likeness (QED) is 0.586. The Bertz CT molecular complexity index is 1170. The SMILES string of the molecule is CCOC(=O)c1oc2ccc(S(=O)(=O)NCCc3ccc(F)cc3F)cc2c1C. The van der Waals surface area contributed by atoms with Crippen molar-refractivity contribution in [2.45, 2.75) is 25.2 Å². The van der Waals surface area contributed by atoms with E-state index in [9.17, 15) is 22.0 Å². The number of halogens is 2. The minimum Gasteiger partial charge on any atom is -0.460 e. The molecule has 0 aliphatic heterocycles. The molecule has 0 atom stereocenters. The third-order valence-corrected chi connectivity index (χ3v) is 5.84. The fourth-order valence-corrected chi connectivity index (χ4v) is 3.94. The number of sulfonamides is 1. The molecule has 1 heterocycles. The molecule has 0 spiro atoms. The number of furan rings is 1. The van der Waals surface area contributed by atoms with Gasteiger partial charge in [0.2, 0.25) is 15.8 Å². The predicted molar refractivity (Wildman–Crippen MR) is 102 cm³/mol. The van der Waals surface area contributed by atoms with Gasteiger partial charge in [0.25, 0.3) is 0 Å². The molecule has 29 heavy (non-hydrogen) atoms. The summed E-state index contributed by atoms with van der Waals surface area (Å²) >= 11 is 0. The number of esters is 1. The Morgan fingerprint density at radius 1 is 1.17 bits per heavy atom. The number of fused-ring (bicyclic) bond motifs is 1. The van der Waals surface area contributed by atoms with Crippen LogP contribution in [-0.2, 0) is 21.2 Å². The minimum atomic E-state index is -3.89. The van der Waals surface area contributed by atoms with E-state index in [0.29, 0.717) is 16.5 Å². The van der Waals surface area contributed by atoms with E-state index < -0.39 is 27.6 Å². The normalized spacial score (nSPS) is 11.7. The van der Waals surface area contributed by atoms with Gasteiger partial charge in [-0.25, -0.2) is 26.7 Å². The van der Waals surface area contributed by atoms with Gasteiger partial charge in [0, 0.05) is 23.6 Å². The Hall–Kier alpha value is -2.78. The van der Waals surface area contributed by atoms with Crippen molar-refractivity contribution in [1.29, 1.82) is 0 Å². The first-order valence-corrected chi connectivity index (χ1v) is 10.3. The van der Waals surface area contributed by atoms with Crippen molar-refractivity contribution in [3.63, 3.8) is 0 Å². The Morgan fingerprint density at radius 3 is 2.62 bits per heavy atom. The maximum absolute atomic E-state index is 13.7. The van der Waals surface area contributed by atoms with E-state index in [1.807, 2.05) is 0 Å². The number of hydrogen-bond donors (Lipinski definition) is 1. The first-order valence-electron chi connectivity index (χ1n) is 8.86. The molecule has 3 aromatic rings. The van der Waals surface area contributed by atoms with Gasteiger partial charge in [-0.05, 0) is 50.1 Å². The average molecular weight is 423 g/mol. The van der Waals surface area contributed by atoms with E-state index in [4.69, 9.17) is 9.15 Å². The van der Waals surface area contributed by atoms with Crippen molar-refractivity contribution in [3.8, 4) is 0 Å². The monoisotopic (exact) mass is 423 g/mol. The molecule has 0 radical (unpaired) electrons. The fraction of sp³-hybridized carbons (Fsp3) is 0.250. The van der Waals surface area contributed by atoms with Crippen LogP contribution in [0.15, 0.2) is 45.7 Å². The second-order valence-corrected chi connectivity index (χ2v) is 8.09. The highest BCUT2D eigenvalue weighted by atomic mass is 32.2. The number of hydrogen-bond acceptors (Lipinski definition) is 5. The highest BCUT2D eigenvalue weighted by Crippen LogP contribution is 2.28. The molecule has 0 saturated carbocycles. The third kappa shape index (κ3) is 4.46. The molecule has 1 aromatic heterocycles. The summed E-state index contributed by atoms with van der Waals surface area (Å²) in [6.45, 7) is 3.43. The largest absolute Gasteiger partial charge is 0.460 e. The molecule has 1 N–H and O–H groups in total. The Morgan fingerprint density at radius 2 is 1.93 bits per heavy atom. The van der Waals surface area contributed by atoms with Crippen LogP contribution >= 0.6 is 0 Å². The van der Waals surface area contributed by atoms with E-state index in [0.717, 1.165) is 12.1 Å². The lowest BCUT2D eigenvalue weighted by atomic mass is 10.1.